The SMILES string of the molecule is c1ccc(-c2nc(-c3ccccc3)nc(-c3cccc4oc5cc(-c6ccc7c(ccc8oc9ccccc9c87)c6)ccc5c34)n2)cc1. The molecule has 0 saturated carbocycles. The highest BCUT2D eigenvalue weighted by atomic mass is 16.3. The smallest absolute Gasteiger partial charge is 0.164 e. The van der Waals surface area contributed by atoms with E-state index in [0.29, 0.717) is 17.5 Å². The average molecular weight is 616 g/mol. The van der Waals surface area contributed by atoms with E-state index >= 15 is 0 Å². The first kappa shape index (κ1) is 26.6. The highest BCUT2D eigenvalue weighted by molar-refractivity contribution is 6.19. The van der Waals surface area contributed by atoms with Crippen LogP contribution in [0.3, 0.4) is 0 Å². The Hall–Kier alpha value is -6.59. The first-order valence-electron chi connectivity index (χ1n) is 15.9. The van der Waals surface area contributed by atoms with Crippen LogP contribution in [-0.4, -0.2) is 15.0 Å². The van der Waals surface area contributed by atoms with Crippen molar-refractivity contribution in [2.45, 2.75) is 0 Å². The fraction of sp³-hybridized carbons (Fsp3) is 0. The summed E-state index contributed by atoms with van der Waals surface area (Å²) in [6.07, 6.45) is 0. The lowest BCUT2D eigenvalue weighted by molar-refractivity contribution is 0.669. The monoisotopic (exact) mass is 615 g/mol. The molecule has 7 aromatic carbocycles. The Morgan fingerprint density at radius 3 is 1.69 bits per heavy atom. The molecule has 0 atom stereocenters. The lowest BCUT2D eigenvalue weighted by Gasteiger charge is -2.09. The van der Waals surface area contributed by atoms with Crippen molar-refractivity contribution in [3.8, 4) is 45.3 Å². The van der Waals surface area contributed by atoms with Gasteiger partial charge in [-0.3, -0.25) is 0 Å². The molecule has 0 amide bonds. The quantitative estimate of drug-likeness (QED) is 0.197. The summed E-state index contributed by atoms with van der Waals surface area (Å²) in [5.41, 5.74) is 8.38. The van der Waals surface area contributed by atoms with Crippen LogP contribution in [0.25, 0.3) is 99.9 Å². The van der Waals surface area contributed by atoms with Crippen molar-refractivity contribution in [3.05, 3.63) is 152 Å². The van der Waals surface area contributed by atoms with E-state index in [0.717, 1.165) is 77.1 Å². The molecular formula is C43H25N3O2. The summed E-state index contributed by atoms with van der Waals surface area (Å²) in [6.45, 7) is 0. The van der Waals surface area contributed by atoms with Gasteiger partial charge in [-0.05, 0) is 58.3 Å². The number of hydrogen-bond acceptors (Lipinski definition) is 5. The number of hydrogen-bond donors (Lipinski definition) is 0. The lowest BCUT2D eigenvalue weighted by atomic mass is 9.97. The van der Waals surface area contributed by atoms with Crippen LogP contribution in [-0.2, 0) is 0 Å². The molecule has 10 aromatic rings. The van der Waals surface area contributed by atoms with E-state index in [2.05, 4.69) is 66.7 Å². The highest BCUT2D eigenvalue weighted by Gasteiger charge is 2.18. The molecule has 0 aliphatic rings. The third kappa shape index (κ3) is 4.22. The zero-order chi connectivity index (χ0) is 31.6. The zero-order valence-corrected chi connectivity index (χ0v) is 25.6. The zero-order valence-electron chi connectivity index (χ0n) is 25.6. The molecule has 5 nitrogen and oxygen atoms in total. The van der Waals surface area contributed by atoms with Gasteiger partial charge in [-0.25, -0.2) is 15.0 Å². The van der Waals surface area contributed by atoms with Gasteiger partial charge in [0.25, 0.3) is 0 Å². The second-order valence-electron chi connectivity index (χ2n) is 12.0. The van der Waals surface area contributed by atoms with Crippen LogP contribution >= 0.6 is 0 Å². The van der Waals surface area contributed by atoms with E-state index in [1.807, 2.05) is 84.9 Å². The first-order valence-corrected chi connectivity index (χ1v) is 15.9. The van der Waals surface area contributed by atoms with Crippen LogP contribution in [0.4, 0.5) is 0 Å². The molecule has 0 radical (unpaired) electrons. The van der Waals surface area contributed by atoms with Gasteiger partial charge in [0.05, 0.1) is 0 Å². The molecule has 0 aliphatic heterocycles. The van der Waals surface area contributed by atoms with Crippen LogP contribution < -0.4 is 0 Å². The fourth-order valence-electron chi connectivity index (χ4n) is 6.85. The normalized spacial score (nSPS) is 11.8. The van der Waals surface area contributed by atoms with Gasteiger partial charge in [-0.2, -0.15) is 0 Å². The molecule has 0 aliphatic carbocycles. The Bertz CT molecular complexity index is 2780. The van der Waals surface area contributed by atoms with E-state index in [9.17, 15) is 0 Å². The van der Waals surface area contributed by atoms with Crippen LogP contribution in [0, 0.1) is 0 Å². The Balaban J connectivity index is 1.12. The van der Waals surface area contributed by atoms with Crippen molar-refractivity contribution < 1.29 is 8.83 Å². The fourth-order valence-corrected chi connectivity index (χ4v) is 6.85. The van der Waals surface area contributed by atoms with Gasteiger partial charge in [0.2, 0.25) is 0 Å². The number of para-hydroxylation sites is 1. The summed E-state index contributed by atoms with van der Waals surface area (Å²) < 4.78 is 12.6. The minimum Gasteiger partial charge on any atom is -0.456 e. The Morgan fingerprint density at radius 1 is 0.333 bits per heavy atom. The summed E-state index contributed by atoms with van der Waals surface area (Å²) in [6, 6.07) is 51.6. The third-order valence-corrected chi connectivity index (χ3v) is 9.13. The third-order valence-electron chi connectivity index (χ3n) is 9.13. The van der Waals surface area contributed by atoms with Gasteiger partial charge in [-0.15, -0.1) is 0 Å². The number of fused-ring (bicyclic) bond motifs is 8. The molecule has 10 rings (SSSR count). The molecule has 0 fully saturated rings. The summed E-state index contributed by atoms with van der Waals surface area (Å²) in [5.74, 6) is 1.86. The molecule has 3 aromatic heterocycles. The van der Waals surface area contributed by atoms with E-state index in [1.165, 1.54) is 5.39 Å². The van der Waals surface area contributed by atoms with Crippen LogP contribution in [0.2, 0.25) is 0 Å². The maximum atomic E-state index is 6.51. The molecular weight excluding hydrogens is 590 g/mol. The molecule has 0 saturated heterocycles. The number of benzene rings is 7. The molecule has 224 valence electrons. The first-order chi connectivity index (χ1) is 23.8. The second-order valence-corrected chi connectivity index (χ2v) is 12.0. The predicted molar refractivity (Wildman–Crippen MR) is 194 cm³/mol. The highest BCUT2D eigenvalue weighted by Crippen LogP contribution is 2.40. The summed E-state index contributed by atoms with van der Waals surface area (Å²) in [7, 11) is 0. The van der Waals surface area contributed by atoms with Crippen molar-refractivity contribution >= 4 is 54.6 Å². The van der Waals surface area contributed by atoms with Crippen molar-refractivity contribution in [2.24, 2.45) is 0 Å². The summed E-state index contributed by atoms with van der Waals surface area (Å²) in [4.78, 5) is 14.9. The van der Waals surface area contributed by atoms with Crippen LogP contribution in [0.5, 0.6) is 0 Å². The van der Waals surface area contributed by atoms with Gasteiger partial charge >= 0.3 is 0 Å². The lowest BCUT2D eigenvalue weighted by Crippen LogP contribution is -2.00. The molecule has 0 bridgehead atoms. The van der Waals surface area contributed by atoms with Crippen molar-refractivity contribution in [1.82, 2.24) is 15.0 Å². The van der Waals surface area contributed by atoms with Crippen LogP contribution in [0.1, 0.15) is 0 Å². The van der Waals surface area contributed by atoms with Gasteiger partial charge in [0, 0.05) is 38.2 Å². The number of nitrogens with zero attached hydrogens (tertiary/aromatic N) is 3. The van der Waals surface area contributed by atoms with Gasteiger partial charge < -0.3 is 8.83 Å². The second kappa shape index (κ2) is 10.5. The minimum atomic E-state index is 0.604. The Labute approximate surface area is 274 Å². The topological polar surface area (TPSA) is 65.0 Å². The average Bonchev–Trinajstić information content (AvgIpc) is 3.73. The van der Waals surface area contributed by atoms with Crippen LogP contribution in [0.15, 0.2) is 160 Å². The van der Waals surface area contributed by atoms with Gasteiger partial charge in [0.1, 0.15) is 22.3 Å². The maximum Gasteiger partial charge on any atom is 0.164 e. The number of aromatic nitrogens is 3. The molecule has 0 N–H and O–H groups in total. The summed E-state index contributed by atoms with van der Waals surface area (Å²) >= 11 is 0. The summed E-state index contributed by atoms with van der Waals surface area (Å²) in [5, 5.41) is 6.62. The Kier molecular flexibility index (Phi) is 5.81. The molecule has 0 spiro atoms. The van der Waals surface area contributed by atoms with E-state index in [-0.39, 0.29) is 0 Å². The predicted octanol–water partition coefficient (Wildman–Crippen LogP) is 11.5. The van der Waals surface area contributed by atoms with E-state index < -0.39 is 0 Å². The largest absolute Gasteiger partial charge is 0.456 e. The maximum absolute atomic E-state index is 6.51. The van der Waals surface area contributed by atoms with Crippen molar-refractivity contribution in [2.75, 3.05) is 0 Å². The number of furan rings is 2. The standard InChI is InChI=1S/C43H25N3O2/c1-3-10-26(11-4-1)41-44-42(27-12-5-2-6-13-27)46-43(45-41)34-15-9-17-36-40(34)33-22-19-29(25-38(33)48-36)28-18-21-31-30(24-28)20-23-37-39(31)32-14-7-8-16-35(32)47-37/h1-25H. The molecule has 5 heteroatoms. The number of rotatable bonds is 4. The molecule has 48 heavy (non-hydrogen) atoms. The van der Waals surface area contributed by atoms with Crippen molar-refractivity contribution in [1.29, 1.82) is 0 Å². The molecule has 3 heterocycles. The minimum absolute atomic E-state index is 0.604. The van der Waals surface area contributed by atoms with E-state index in [1.54, 1.807) is 0 Å². The van der Waals surface area contributed by atoms with Gasteiger partial charge in [-0.1, -0.05) is 115 Å². The Morgan fingerprint density at radius 2 is 0.917 bits per heavy atom. The van der Waals surface area contributed by atoms with E-state index in [4.69, 9.17) is 23.8 Å². The van der Waals surface area contributed by atoms with Gasteiger partial charge in [0.15, 0.2) is 17.5 Å². The molecule has 0 unspecified atom stereocenters. The van der Waals surface area contributed by atoms with Crippen molar-refractivity contribution in [3.63, 3.8) is 0 Å².